The number of carboxylic acid groups (broad SMARTS) is 1. The molecule has 0 aromatic heterocycles. The molecular formula is C19H30N4O6. The van der Waals surface area contributed by atoms with Crippen molar-refractivity contribution in [3.63, 3.8) is 0 Å². The number of nitro benzene ring substituents is 1. The number of nitrogens with zero attached hydrogens (tertiary/aromatic N) is 2. The minimum Gasteiger partial charge on any atom is -0.494 e. The molecule has 1 amide bonds. The maximum absolute atomic E-state index is 12.3. The van der Waals surface area contributed by atoms with Gasteiger partial charge in [0, 0.05) is 0 Å². The lowest BCUT2D eigenvalue weighted by Crippen LogP contribution is -2.41. The molecule has 0 heterocycles. The Labute approximate surface area is 170 Å². The third-order valence-corrected chi connectivity index (χ3v) is 4.37. The van der Waals surface area contributed by atoms with Gasteiger partial charge in [0.15, 0.2) is 0 Å². The van der Waals surface area contributed by atoms with Crippen molar-refractivity contribution < 1.29 is 24.4 Å². The van der Waals surface area contributed by atoms with Gasteiger partial charge in [0.25, 0.3) is 5.69 Å². The molecule has 162 valence electrons. The van der Waals surface area contributed by atoms with Crippen LogP contribution >= 0.6 is 0 Å². The van der Waals surface area contributed by atoms with Crippen LogP contribution in [0, 0.1) is 10.1 Å². The monoisotopic (exact) mass is 410 g/mol. The lowest BCUT2D eigenvalue weighted by Gasteiger charge is -2.19. The summed E-state index contributed by atoms with van der Waals surface area (Å²) in [5, 5.41) is 25.9. The summed E-state index contributed by atoms with van der Waals surface area (Å²) in [5.74, 6) is -1.46. The number of hydrogen-bond acceptors (Lipinski definition) is 7. The van der Waals surface area contributed by atoms with Gasteiger partial charge in [0.1, 0.15) is 17.5 Å². The Bertz CT molecular complexity index is 693. The largest absolute Gasteiger partial charge is 0.494 e. The molecule has 0 aliphatic rings. The first kappa shape index (κ1) is 24.3. The Morgan fingerprint density at radius 3 is 2.52 bits per heavy atom. The van der Waals surface area contributed by atoms with E-state index in [2.05, 4.69) is 29.4 Å². The fraction of sp³-hybridized carbons (Fsp3) is 0.579. The van der Waals surface area contributed by atoms with Crippen molar-refractivity contribution in [1.82, 2.24) is 10.2 Å². The molecule has 0 bridgehead atoms. The van der Waals surface area contributed by atoms with Crippen LogP contribution in [0.15, 0.2) is 18.2 Å². The molecule has 1 atom stereocenters. The molecule has 0 unspecified atom stereocenters. The van der Waals surface area contributed by atoms with Crippen molar-refractivity contribution in [2.75, 3.05) is 38.1 Å². The summed E-state index contributed by atoms with van der Waals surface area (Å²) in [4.78, 5) is 36.6. The summed E-state index contributed by atoms with van der Waals surface area (Å²) in [6.45, 7) is 9.33. The summed E-state index contributed by atoms with van der Waals surface area (Å²) in [7, 11) is 0. The number of rotatable bonds is 14. The van der Waals surface area contributed by atoms with Gasteiger partial charge in [0.05, 0.1) is 24.0 Å². The Balaban J connectivity index is 2.67. The standard InChI is InChI=1S/C19H30N4O6/c1-4-22(5-2)11-7-10-20-16(19(25)26)13-18(24)21-15-9-8-14(29-6-3)12-17(15)23(27)28/h8-9,12,16,20H,4-7,10-11,13H2,1-3H3,(H,21,24)(H,25,26)/t16-/m1/s1. The minimum absolute atomic E-state index is 0.00544. The van der Waals surface area contributed by atoms with E-state index in [-0.39, 0.29) is 17.8 Å². The van der Waals surface area contributed by atoms with Crippen molar-refractivity contribution in [3.05, 3.63) is 28.3 Å². The number of ether oxygens (including phenoxy) is 1. The van der Waals surface area contributed by atoms with Crippen molar-refractivity contribution in [1.29, 1.82) is 0 Å². The van der Waals surface area contributed by atoms with Gasteiger partial charge in [-0.3, -0.25) is 19.7 Å². The van der Waals surface area contributed by atoms with Crippen LogP contribution in [-0.4, -0.2) is 65.6 Å². The highest BCUT2D eigenvalue weighted by atomic mass is 16.6. The number of anilines is 1. The molecule has 10 nitrogen and oxygen atoms in total. The molecule has 0 radical (unpaired) electrons. The first-order chi connectivity index (χ1) is 13.8. The smallest absolute Gasteiger partial charge is 0.321 e. The third kappa shape index (κ3) is 8.44. The van der Waals surface area contributed by atoms with E-state index in [9.17, 15) is 24.8 Å². The van der Waals surface area contributed by atoms with E-state index in [1.54, 1.807) is 6.92 Å². The van der Waals surface area contributed by atoms with E-state index in [0.717, 1.165) is 26.1 Å². The number of carbonyl (C=O) groups is 2. The molecule has 0 aliphatic carbocycles. The predicted octanol–water partition coefficient (Wildman–Crippen LogP) is 2.10. The zero-order chi connectivity index (χ0) is 21.8. The predicted molar refractivity (Wildman–Crippen MR) is 109 cm³/mol. The summed E-state index contributed by atoms with van der Waals surface area (Å²) >= 11 is 0. The fourth-order valence-electron chi connectivity index (χ4n) is 2.78. The molecular weight excluding hydrogens is 380 g/mol. The summed E-state index contributed by atoms with van der Waals surface area (Å²) in [6.07, 6.45) is 0.405. The Hall–Kier alpha value is -2.72. The molecule has 0 aliphatic heterocycles. The van der Waals surface area contributed by atoms with Crippen LogP contribution in [0.4, 0.5) is 11.4 Å². The molecule has 1 rings (SSSR count). The number of nitro groups is 1. The van der Waals surface area contributed by atoms with Gasteiger partial charge < -0.3 is 25.4 Å². The van der Waals surface area contributed by atoms with Crippen LogP contribution < -0.4 is 15.4 Å². The number of nitrogens with one attached hydrogen (secondary N) is 2. The zero-order valence-corrected chi connectivity index (χ0v) is 17.1. The number of aliphatic carboxylic acids is 1. The summed E-state index contributed by atoms with van der Waals surface area (Å²) in [6, 6.07) is 3.02. The summed E-state index contributed by atoms with van der Waals surface area (Å²) < 4.78 is 5.23. The SMILES string of the molecule is CCOc1ccc(NC(=O)C[C@@H](NCCCN(CC)CC)C(=O)O)c([N+](=O)[O-])c1. The first-order valence-corrected chi connectivity index (χ1v) is 9.71. The fourth-order valence-corrected chi connectivity index (χ4v) is 2.78. The van der Waals surface area contributed by atoms with Gasteiger partial charge in [-0.05, 0) is 51.7 Å². The molecule has 3 N–H and O–H groups in total. The van der Waals surface area contributed by atoms with Crippen LogP contribution in [0.1, 0.15) is 33.6 Å². The maximum atomic E-state index is 12.3. The van der Waals surface area contributed by atoms with Gasteiger partial charge in [-0.2, -0.15) is 0 Å². The second-order valence-corrected chi connectivity index (χ2v) is 6.35. The highest BCUT2D eigenvalue weighted by Gasteiger charge is 2.23. The van der Waals surface area contributed by atoms with E-state index in [1.165, 1.54) is 18.2 Å². The molecule has 0 saturated heterocycles. The summed E-state index contributed by atoms with van der Waals surface area (Å²) in [5.41, 5.74) is -0.322. The van der Waals surface area contributed by atoms with Crippen molar-refractivity contribution >= 4 is 23.3 Å². The Morgan fingerprint density at radius 1 is 1.28 bits per heavy atom. The van der Waals surface area contributed by atoms with E-state index in [0.29, 0.717) is 18.9 Å². The lowest BCUT2D eigenvalue weighted by atomic mass is 10.1. The van der Waals surface area contributed by atoms with Crippen LogP contribution in [0.2, 0.25) is 0 Å². The normalized spacial score (nSPS) is 11.9. The number of carbonyl (C=O) groups excluding carboxylic acids is 1. The third-order valence-electron chi connectivity index (χ3n) is 4.37. The van der Waals surface area contributed by atoms with Crippen molar-refractivity contribution in [2.24, 2.45) is 0 Å². The molecule has 0 fully saturated rings. The highest BCUT2D eigenvalue weighted by molar-refractivity contribution is 5.95. The van der Waals surface area contributed by atoms with Gasteiger partial charge in [-0.1, -0.05) is 13.8 Å². The number of hydrogen-bond donors (Lipinski definition) is 3. The number of carboxylic acids is 1. The number of amides is 1. The van der Waals surface area contributed by atoms with E-state index >= 15 is 0 Å². The van der Waals surface area contributed by atoms with Crippen molar-refractivity contribution in [3.8, 4) is 5.75 Å². The van der Waals surface area contributed by atoms with Gasteiger partial charge in [-0.25, -0.2) is 0 Å². The average Bonchev–Trinajstić information content (AvgIpc) is 2.68. The topological polar surface area (TPSA) is 134 Å². The molecule has 1 aromatic rings. The van der Waals surface area contributed by atoms with Gasteiger partial charge in [0.2, 0.25) is 5.91 Å². The first-order valence-electron chi connectivity index (χ1n) is 9.71. The lowest BCUT2D eigenvalue weighted by molar-refractivity contribution is -0.384. The maximum Gasteiger partial charge on any atom is 0.321 e. The van der Waals surface area contributed by atoms with Crippen LogP contribution in [0.25, 0.3) is 0 Å². The van der Waals surface area contributed by atoms with Gasteiger partial charge >= 0.3 is 5.97 Å². The Kier molecular flexibility index (Phi) is 10.6. The molecule has 1 aromatic carbocycles. The van der Waals surface area contributed by atoms with E-state index < -0.39 is 22.8 Å². The van der Waals surface area contributed by atoms with E-state index in [4.69, 9.17) is 4.74 Å². The van der Waals surface area contributed by atoms with Gasteiger partial charge in [-0.15, -0.1) is 0 Å². The second kappa shape index (κ2) is 12.7. The molecule has 0 spiro atoms. The zero-order valence-electron chi connectivity index (χ0n) is 17.1. The molecule has 0 saturated carbocycles. The quantitative estimate of drug-likeness (QED) is 0.241. The second-order valence-electron chi connectivity index (χ2n) is 6.35. The molecule has 10 heteroatoms. The van der Waals surface area contributed by atoms with Crippen molar-refractivity contribution in [2.45, 2.75) is 39.7 Å². The average molecular weight is 410 g/mol. The van der Waals surface area contributed by atoms with Crippen LogP contribution in [-0.2, 0) is 9.59 Å². The molecule has 29 heavy (non-hydrogen) atoms. The minimum atomic E-state index is -1.15. The van der Waals surface area contributed by atoms with Crippen LogP contribution in [0.3, 0.4) is 0 Å². The number of benzene rings is 1. The highest BCUT2D eigenvalue weighted by Crippen LogP contribution is 2.29. The Morgan fingerprint density at radius 2 is 1.97 bits per heavy atom. The van der Waals surface area contributed by atoms with Crippen LogP contribution in [0.5, 0.6) is 5.75 Å². The van der Waals surface area contributed by atoms with E-state index in [1.807, 2.05) is 0 Å².